The van der Waals surface area contributed by atoms with Crippen LogP contribution < -0.4 is 5.14 Å². The maximum atomic E-state index is 12.2. The number of halogens is 4. The van der Waals surface area contributed by atoms with Gasteiger partial charge in [0, 0.05) is 4.47 Å². The summed E-state index contributed by atoms with van der Waals surface area (Å²) in [6.45, 7) is 0. The Labute approximate surface area is 97.6 Å². The molecule has 1 heterocycles. The number of primary sulfonamides is 1. The monoisotopic (exact) mass is 320 g/mol. The van der Waals surface area contributed by atoms with Crippen molar-refractivity contribution in [2.24, 2.45) is 5.14 Å². The highest BCUT2D eigenvalue weighted by Gasteiger charge is 2.22. The van der Waals surface area contributed by atoms with Crippen LogP contribution in [-0.4, -0.2) is 13.4 Å². The third kappa shape index (κ3) is 2.83. The Kier molecular flexibility index (Phi) is 3.64. The molecule has 0 aromatic carbocycles. The summed E-state index contributed by atoms with van der Waals surface area (Å²) in [5.74, 6) is 0. The lowest BCUT2D eigenvalue weighted by Crippen LogP contribution is -2.14. The van der Waals surface area contributed by atoms with Crippen molar-refractivity contribution < 1.29 is 17.2 Å². The minimum absolute atomic E-state index is 0.139. The van der Waals surface area contributed by atoms with E-state index in [1.54, 1.807) is 0 Å². The fourth-order valence-corrected chi connectivity index (χ4v) is 3.20. The standard InChI is InChI=1S/C6H4BrClF2N2O2S/c7-2-1-3(6(9)10)12-5(8)4(2)15(11,13)14/h1,6H,(H2,11,13,14). The summed E-state index contributed by atoms with van der Waals surface area (Å²) < 4.78 is 46.3. The van der Waals surface area contributed by atoms with E-state index in [4.69, 9.17) is 16.7 Å². The lowest BCUT2D eigenvalue weighted by atomic mass is 10.4. The molecular weight excluding hydrogens is 317 g/mol. The number of nitrogens with zero attached hydrogens (tertiary/aromatic N) is 1. The second-order valence-corrected chi connectivity index (χ2v) is 5.21. The summed E-state index contributed by atoms with van der Waals surface area (Å²) in [4.78, 5) is 2.72. The van der Waals surface area contributed by atoms with Gasteiger partial charge in [-0.3, -0.25) is 0 Å². The number of nitrogens with two attached hydrogens (primary N) is 1. The van der Waals surface area contributed by atoms with Crippen LogP contribution in [0.4, 0.5) is 8.78 Å². The molecule has 4 nitrogen and oxygen atoms in total. The van der Waals surface area contributed by atoms with Crippen LogP contribution in [-0.2, 0) is 10.0 Å². The molecule has 1 rings (SSSR count). The van der Waals surface area contributed by atoms with Gasteiger partial charge in [-0.25, -0.2) is 27.3 Å². The zero-order chi connectivity index (χ0) is 11.8. The Hall–Kier alpha value is -0.310. The highest BCUT2D eigenvalue weighted by molar-refractivity contribution is 9.10. The van der Waals surface area contributed by atoms with Gasteiger partial charge in [0.1, 0.15) is 10.6 Å². The van der Waals surface area contributed by atoms with Gasteiger partial charge in [-0.1, -0.05) is 11.6 Å². The van der Waals surface area contributed by atoms with Crippen molar-refractivity contribution in [3.63, 3.8) is 0 Å². The third-order valence-electron chi connectivity index (χ3n) is 1.41. The van der Waals surface area contributed by atoms with E-state index in [9.17, 15) is 17.2 Å². The quantitative estimate of drug-likeness (QED) is 0.848. The van der Waals surface area contributed by atoms with Crippen LogP contribution in [0.5, 0.6) is 0 Å². The molecule has 0 aliphatic rings. The summed E-state index contributed by atoms with van der Waals surface area (Å²) in [7, 11) is -4.09. The third-order valence-corrected chi connectivity index (χ3v) is 3.67. The van der Waals surface area contributed by atoms with E-state index in [-0.39, 0.29) is 4.47 Å². The normalized spacial score (nSPS) is 12.1. The second-order valence-electron chi connectivity index (χ2n) is 2.49. The van der Waals surface area contributed by atoms with Crippen LogP contribution in [0.25, 0.3) is 0 Å². The number of hydrogen-bond donors (Lipinski definition) is 1. The maximum absolute atomic E-state index is 12.2. The Morgan fingerprint density at radius 2 is 2.07 bits per heavy atom. The molecule has 0 saturated heterocycles. The smallest absolute Gasteiger partial charge is 0.234 e. The molecule has 84 valence electrons. The van der Waals surface area contributed by atoms with Crippen LogP contribution >= 0.6 is 27.5 Å². The first-order valence-electron chi connectivity index (χ1n) is 3.40. The second kappa shape index (κ2) is 4.28. The van der Waals surface area contributed by atoms with Gasteiger partial charge in [0.15, 0.2) is 5.15 Å². The first-order valence-corrected chi connectivity index (χ1v) is 6.12. The molecular formula is C6H4BrClF2N2O2S. The van der Waals surface area contributed by atoms with Gasteiger partial charge in [-0.2, -0.15) is 0 Å². The maximum Gasteiger partial charge on any atom is 0.280 e. The number of hydrogen-bond acceptors (Lipinski definition) is 3. The number of alkyl halides is 2. The molecule has 2 N–H and O–H groups in total. The highest BCUT2D eigenvalue weighted by Crippen LogP contribution is 2.30. The lowest BCUT2D eigenvalue weighted by molar-refractivity contribution is 0.146. The van der Waals surface area contributed by atoms with Crippen molar-refractivity contribution in [3.8, 4) is 0 Å². The topological polar surface area (TPSA) is 73.1 Å². The van der Waals surface area contributed by atoms with Gasteiger partial charge < -0.3 is 0 Å². The Balaban J connectivity index is 3.48. The fourth-order valence-electron chi connectivity index (χ4n) is 0.855. The molecule has 0 fully saturated rings. The molecule has 0 unspecified atom stereocenters. The molecule has 0 atom stereocenters. The minimum atomic E-state index is -4.09. The average molecular weight is 322 g/mol. The molecule has 0 bridgehead atoms. The molecule has 15 heavy (non-hydrogen) atoms. The van der Waals surface area contributed by atoms with E-state index < -0.39 is 32.2 Å². The van der Waals surface area contributed by atoms with Gasteiger partial charge in [0.05, 0.1) is 0 Å². The molecule has 0 spiro atoms. The van der Waals surface area contributed by atoms with Crippen LogP contribution in [0.2, 0.25) is 5.15 Å². The molecule has 1 aromatic heterocycles. The summed E-state index contributed by atoms with van der Waals surface area (Å²) in [5, 5.41) is 4.23. The lowest BCUT2D eigenvalue weighted by Gasteiger charge is -2.06. The van der Waals surface area contributed by atoms with Crippen molar-refractivity contribution in [3.05, 3.63) is 21.4 Å². The number of rotatable bonds is 2. The minimum Gasteiger partial charge on any atom is -0.234 e. The van der Waals surface area contributed by atoms with E-state index in [1.165, 1.54) is 0 Å². The Morgan fingerprint density at radius 1 is 1.53 bits per heavy atom. The van der Waals surface area contributed by atoms with E-state index in [1.807, 2.05) is 0 Å². The predicted molar refractivity (Wildman–Crippen MR) is 53.3 cm³/mol. The predicted octanol–water partition coefficient (Wildman–Crippen LogP) is 2.08. The van der Waals surface area contributed by atoms with Crippen molar-refractivity contribution in [2.45, 2.75) is 11.3 Å². The van der Waals surface area contributed by atoms with E-state index in [0.29, 0.717) is 0 Å². The molecule has 0 amide bonds. The van der Waals surface area contributed by atoms with Crippen molar-refractivity contribution in [1.29, 1.82) is 0 Å². The largest absolute Gasteiger partial charge is 0.280 e. The summed E-state index contributed by atoms with van der Waals surface area (Å²) in [6, 6.07) is 0.857. The van der Waals surface area contributed by atoms with Crippen molar-refractivity contribution in [2.75, 3.05) is 0 Å². The number of pyridine rings is 1. The van der Waals surface area contributed by atoms with E-state index in [2.05, 4.69) is 20.9 Å². The molecule has 0 aliphatic carbocycles. The van der Waals surface area contributed by atoms with Gasteiger partial charge >= 0.3 is 0 Å². The van der Waals surface area contributed by atoms with Crippen molar-refractivity contribution >= 4 is 37.6 Å². The average Bonchev–Trinajstić information content (AvgIpc) is 1.99. The molecule has 1 aromatic rings. The summed E-state index contributed by atoms with van der Waals surface area (Å²) >= 11 is 8.21. The first-order chi connectivity index (χ1) is 6.73. The number of sulfonamides is 1. The molecule has 0 saturated carbocycles. The van der Waals surface area contributed by atoms with Crippen LogP contribution in [0, 0.1) is 0 Å². The zero-order valence-corrected chi connectivity index (χ0v) is 10.1. The van der Waals surface area contributed by atoms with Gasteiger partial charge in [0.25, 0.3) is 6.43 Å². The van der Waals surface area contributed by atoms with Crippen molar-refractivity contribution in [1.82, 2.24) is 4.98 Å². The van der Waals surface area contributed by atoms with Gasteiger partial charge in [-0.05, 0) is 22.0 Å². The first kappa shape index (κ1) is 12.8. The summed E-state index contributed by atoms with van der Waals surface area (Å²) in [6.07, 6.45) is -2.84. The zero-order valence-electron chi connectivity index (χ0n) is 6.92. The highest BCUT2D eigenvalue weighted by atomic mass is 79.9. The molecule has 9 heteroatoms. The molecule has 0 radical (unpaired) electrons. The van der Waals surface area contributed by atoms with Crippen LogP contribution in [0.1, 0.15) is 12.1 Å². The Morgan fingerprint density at radius 3 is 2.40 bits per heavy atom. The van der Waals surface area contributed by atoms with E-state index in [0.717, 1.165) is 6.07 Å². The Bertz CT molecular complexity index is 471. The fraction of sp³-hybridized carbons (Fsp3) is 0.167. The van der Waals surface area contributed by atoms with Crippen LogP contribution in [0.15, 0.2) is 15.4 Å². The van der Waals surface area contributed by atoms with Crippen LogP contribution in [0.3, 0.4) is 0 Å². The number of aromatic nitrogens is 1. The SMILES string of the molecule is NS(=O)(=O)c1c(Br)cc(C(F)F)nc1Cl. The van der Waals surface area contributed by atoms with E-state index >= 15 is 0 Å². The van der Waals surface area contributed by atoms with Gasteiger partial charge in [-0.15, -0.1) is 0 Å². The summed E-state index contributed by atoms with van der Waals surface area (Å²) in [5.41, 5.74) is -0.626. The molecule has 0 aliphatic heterocycles. The van der Waals surface area contributed by atoms with Gasteiger partial charge in [0.2, 0.25) is 10.0 Å².